The molecule has 2 fully saturated rings. The molecule has 7 atom stereocenters. The zero-order valence-electron chi connectivity index (χ0n) is 46.0. The van der Waals surface area contributed by atoms with Crippen LogP contribution in [0.15, 0.2) is 67.0 Å². The third-order valence-electron chi connectivity index (χ3n) is 13.6. The zero-order valence-corrected chi connectivity index (χ0v) is 46.0. The fourth-order valence-corrected chi connectivity index (χ4v) is 9.42. The number of carbonyl (C=O) groups excluding carboxylic acids is 6. The number of nitrogens with one attached hydrogen (secondary N) is 4. The minimum absolute atomic E-state index is 0.00933. The predicted octanol–water partition coefficient (Wildman–Crippen LogP) is -0.467. The average molecular weight is 1180 g/mol. The number of anilines is 3. The first kappa shape index (κ1) is 63.4. The lowest BCUT2D eigenvalue weighted by Gasteiger charge is -2.38. The lowest BCUT2D eigenvalue weighted by atomic mass is 9.99. The maximum Gasteiger partial charge on any atom is 0.416 e. The number of aliphatic hydroxyl groups is 6. The minimum Gasteiger partial charge on any atom is -0.493 e. The molecule has 6 amide bonds. The number of carboxylic acid groups (broad SMARTS) is 1. The van der Waals surface area contributed by atoms with E-state index < -0.39 is 91.2 Å². The van der Waals surface area contributed by atoms with Crippen LogP contribution in [0.1, 0.15) is 79.4 Å². The van der Waals surface area contributed by atoms with Crippen LogP contribution < -0.4 is 46.3 Å². The Morgan fingerprint density at radius 3 is 2.26 bits per heavy atom. The Labute approximate surface area is 480 Å². The van der Waals surface area contributed by atoms with Crippen LogP contribution in [0.25, 0.3) is 0 Å². The third kappa shape index (κ3) is 15.3. The topological polar surface area (TPSA) is 416 Å². The van der Waals surface area contributed by atoms with E-state index in [9.17, 15) is 64.2 Å². The minimum atomic E-state index is -2.03. The average Bonchev–Trinajstić information content (AvgIpc) is 3.40. The largest absolute Gasteiger partial charge is 0.493 e. The van der Waals surface area contributed by atoms with Crippen LogP contribution in [0.2, 0.25) is 0 Å². The van der Waals surface area contributed by atoms with E-state index in [4.69, 9.17) is 39.4 Å². The Kier molecular flexibility index (Phi) is 22.2. The molecule has 0 bridgehead atoms. The molecule has 84 heavy (non-hydrogen) atoms. The van der Waals surface area contributed by atoms with E-state index >= 15 is 0 Å². The van der Waals surface area contributed by atoms with Gasteiger partial charge in [0, 0.05) is 71.3 Å². The summed E-state index contributed by atoms with van der Waals surface area (Å²) in [6, 6.07) is 8.46. The number of nitrogens with zero attached hydrogens (tertiary/aromatic N) is 4. The number of carboxylic acids is 1. The highest BCUT2D eigenvalue weighted by Gasteiger charge is 2.49. The van der Waals surface area contributed by atoms with E-state index in [2.05, 4.69) is 32.7 Å². The van der Waals surface area contributed by atoms with Crippen molar-refractivity contribution < 1.29 is 103 Å². The summed E-state index contributed by atoms with van der Waals surface area (Å²) in [5.74, 6) is 0.384. The number of nitrogens with two attached hydrogens (primary N) is 1. The molecule has 0 aliphatic carbocycles. The Morgan fingerprint density at radius 1 is 0.798 bits per heavy atom. The van der Waals surface area contributed by atoms with E-state index in [-0.39, 0.29) is 130 Å². The van der Waals surface area contributed by atoms with Gasteiger partial charge in [0.2, 0.25) is 12.2 Å². The molecule has 3 aliphatic heterocycles. The van der Waals surface area contributed by atoms with Crippen LogP contribution in [-0.4, -0.2) is 201 Å². The van der Waals surface area contributed by atoms with E-state index in [1.54, 1.807) is 17.8 Å². The Bertz CT molecular complexity index is 3040. The molecule has 1 unspecified atom stereocenters. The maximum absolute atomic E-state index is 14.4. The maximum atomic E-state index is 14.4. The first-order valence-corrected chi connectivity index (χ1v) is 26.6. The van der Waals surface area contributed by atoms with Gasteiger partial charge < -0.3 is 104 Å². The van der Waals surface area contributed by atoms with Crippen molar-refractivity contribution in [2.24, 2.45) is 12.9 Å². The van der Waals surface area contributed by atoms with Crippen molar-refractivity contribution >= 4 is 58.7 Å². The summed E-state index contributed by atoms with van der Waals surface area (Å²) in [6.07, 6.45) is -8.83. The molecule has 2 aromatic heterocycles. The van der Waals surface area contributed by atoms with E-state index in [1.807, 2.05) is 0 Å². The molecular formula is C54H69N9O21. The number of rotatable bonds is 28. The van der Waals surface area contributed by atoms with Crippen LogP contribution in [0.3, 0.4) is 0 Å². The summed E-state index contributed by atoms with van der Waals surface area (Å²) >= 11 is 0. The normalized spacial score (nSPS) is 20.1. The monoisotopic (exact) mass is 1180 g/mol. The van der Waals surface area contributed by atoms with Crippen molar-refractivity contribution in [2.45, 2.75) is 88.2 Å². The van der Waals surface area contributed by atoms with Gasteiger partial charge in [-0.3, -0.25) is 24.0 Å². The number of amides is 6. The molecule has 0 radical (unpaired) electrons. The SMILES string of the molecule is C=C1C[C@H]2C(O)N(C(=O)OCc3ccc(O[C@@H]4O[C@H](C(=O)O)[C@@H](O)[C@H](O)[C@H]4O)c(C(=O)NCCOCCON)c3)c3cc(OCCCC(=O)Nc4cc(C(=O)Nc5cc(C(=O)NCCCO)n(CCCO)c5)n(C)c4)c(OC)cc3C(=O)N2C1. The quantitative estimate of drug-likeness (QED) is 0.0194. The number of ether oxygens (including phenoxy) is 6. The van der Waals surface area contributed by atoms with Gasteiger partial charge in [0.15, 0.2) is 23.8 Å². The Morgan fingerprint density at radius 2 is 1.54 bits per heavy atom. The van der Waals surface area contributed by atoms with Crippen molar-refractivity contribution in [2.75, 3.05) is 81.9 Å². The molecule has 2 saturated heterocycles. The van der Waals surface area contributed by atoms with E-state index in [0.29, 0.717) is 36.3 Å². The van der Waals surface area contributed by atoms with Gasteiger partial charge in [-0.25, -0.2) is 20.4 Å². The van der Waals surface area contributed by atoms with Crippen molar-refractivity contribution in [3.05, 3.63) is 95.1 Å². The van der Waals surface area contributed by atoms with Gasteiger partial charge in [-0.15, -0.1) is 0 Å². The third-order valence-corrected chi connectivity index (χ3v) is 13.6. The number of aromatic nitrogens is 2. The van der Waals surface area contributed by atoms with E-state index in [1.165, 1.54) is 65.2 Å². The summed E-state index contributed by atoms with van der Waals surface area (Å²) in [4.78, 5) is 100. The van der Waals surface area contributed by atoms with Crippen LogP contribution in [0, 0.1) is 0 Å². The standard InChI is InChI=1S/C54H69N9O21/c1-29-19-38-51(74)63(54(77)81-28-30-8-9-39(34(20-30)47(70)57-11-16-79-17-18-82-55)83-53-45(69)43(67)44(68)46(84-53)52(75)76)35-24-41(40(78-3)23-33(35)50(73)62(38)25-29)80-15-4-7-42(66)58-31-21-36(60(2)26-31)49(72)59-32-22-37(48(71)56-10-5-13-64)61(27-32)12-6-14-65/h8-9,20-24,26-27,38,43-46,51,53,64-65,67-69,74H,1,4-7,10-19,25,28,55H2,2-3H3,(H,56,71)(H,57,70)(H,58,66)(H,59,72)(H,75,76)/t38-,43-,44-,45+,46-,51?,53+/m0/s1. The summed E-state index contributed by atoms with van der Waals surface area (Å²) < 4.78 is 36.9. The number of aliphatic hydroxyl groups excluding tert-OH is 6. The van der Waals surface area contributed by atoms with Gasteiger partial charge in [0.05, 0.1) is 67.8 Å². The molecule has 2 aromatic carbocycles. The number of hydrogen-bond acceptors (Lipinski definition) is 21. The van der Waals surface area contributed by atoms with Gasteiger partial charge >= 0.3 is 12.1 Å². The summed E-state index contributed by atoms with van der Waals surface area (Å²) in [5, 5.41) is 82.1. The highest BCUT2D eigenvalue weighted by molar-refractivity contribution is 6.07. The Hall–Kier alpha value is -8.17. The van der Waals surface area contributed by atoms with Crippen LogP contribution in [0.5, 0.6) is 17.2 Å². The molecule has 30 nitrogen and oxygen atoms in total. The highest BCUT2D eigenvalue weighted by atomic mass is 16.7. The fraction of sp³-hybridized carbons (Fsp3) is 0.463. The number of carbonyl (C=O) groups is 7. The molecule has 0 spiro atoms. The smallest absolute Gasteiger partial charge is 0.416 e. The number of methoxy groups -OCH3 is 1. The van der Waals surface area contributed by atoms with Crippen molar-refractivity contribution in [1.29, 1.82) is 0 Å². The second kappa shape index (κ2) is 29.4. The van der Waals surface area contributed by atoms with E-state index in [0.717, 1.165) is 4.90 Å². The Balaban J connectivity index is 1.03. The summed E-state index contributed by atoms with van der Waals surface area (Å²) in [5.41, 5.74) is 1.35. The lowest BCUT2D eigenvalue weighted by Crippen LogP contribution is -2.61. The second-order valence-corrected chi connectivity index (χ2v) is 19.6. The molecule has 0 saturated carbocycles. The number of fused-ring (bicyclic) bond motifs is 2. The van der Waals surface area contributed by atoms with Gasteiger partial charge in [0.1, 0.15) is 42.1 Å². The summed E-state index contributed by atoms with van der Waals surface area (Å²) in [7, 11) is 2.93. The van der Waals surface area contributed by atoms with Gasteiger partial charge in [-0.05, 0) is 61.6 Å². The molecule has 4 aromatic rings. The molecule has 456 valence electrons. The lowest BCUT2D eigenvalue weighted by molar-refractivity contribution is -0.271. The molecule has 5 heterocycles. The zero-order chi connectivity index (χ0) is 60.8. The van der Waals surface area contributed by atoms with Crippen molar-refractivity contribution in [3.8, 4) is 17.2 Å². The van der Waals surface area contributed by atoms with Crippen LogP contribution in [0.4, 0.5) is 21.9 Å². The first-order valence-electron chi connectivity index (χ1n) is 26.6. The first-order chi connectivity index (χ1) is 40.3. The number of hydrogen-bond donors (Lipinski definition) is 12. The molecule has 13 N–H and O–H groups in total. The molecule has 3 aliphatic rings. The van der Waals surface area contributed by atoms with Gasteiger partial charge in [-0.1, -0.05) is 18.2 Å². The highest BCUT2D eigenvalue weighted by Crippen LogP contribution is 2.42. The van der Waals surface area contributed by atoms with Gasteiger partial charge in [-0.2, -0.15) is 0 Å². The van der Waals surface area contributed by atoms with Crippen molar-refractivity contribution in [3.63, 3.8) is 0 Å². The van der Waals surface area contributed by atoms with Crippen LogP contribution in [-0.2, 0) is 48.8 Å². The number of benzene rings is 2. The molecule has 7 rings (SSSR count). The predicted molar refractivity (Wildman–Crippen MR) is 292 cm³/mol. The molecule has 30 heteroatoms. The second-order valence-electron chi connectivity index (χ2n) is 19.6. The van der Waals surface area contributed by atoms with Crippen molar-refractivity contribution in [1.82, 2.24) is 24.7 Å². The number of aryl methyl sites for hydroxylation is 2. The summed E-state index contributed by atoms with van der Waals surface area (Å²) in [6.45, 7) is 3.84. The van der Waals surface area contributed by atoms with Gasteiger partial charge in [0.25, 0.3) is 23.6 Å². The van der Waals surface area contributed by atoms with Crippen LogP contribution >= 0.6 is 0 Å². The molecular weight excluding hydrogens is 1110 g/mol. The fourth-order valence-electron chi connectivity index (χ4n) is 9.42. The number of aliphatic carboxylic acids is 1.